The Hall–Kier alpha value is -1.83. The molecule has 1 aromatic rings. The monoisotopic (exact) mass is 221 g/mol. The van der Waals surface area contributed by atoms with Gasteiger partial charge < -0.3 is 0 Å². The second-order valence-corrected chi connectivity index (χ2v) is 4.35. The maximum Gasteiger partial charge on any atom is 0.328 e. The molecule has 0 unspecified atom stereocenters. The summed E-state index contributed by atoms with van der Waals surface area (Å²) in [5, 5.41) is 8.74. The van der Waals surface area contributed by atoms with E-state index >= 15 is 0 Å². The molecule has 0 bridgehead atoms. The van der Waals surface area contributed by atoms with E-state index in [0.29, 0.717) is 0 Å². The number of nitriles is 1. The molecule has 0 saturated heterocycles. The topological polar surface area (TPSA) is 78.7 Å². The Labute approximate surface area is 93.4 Å². The average molecular weight is 221 g/mol. The lowest BCUT2D eigenvalue weighted by molar-refractivity contribution is 0.309. The Kier molecular flexibility index (Phi) is 3.33. The van der Waals surface area contributed by atoms with Crippen molar-refractivity contribution in [2.24, 2.45) is 0 Å². The zero-order chi connectivity index (χ0) is 12.3. The van der Waals surface area contributed by atoms with Gasteiger partial charge in [-0.3, -0.25) is 14.3 Å². The summed E-state index contributed by atoms with van der Waals surface area (Å²) in [7, 11) is 0. The van der Waals surface area contributed by atoms with E-state index in [1.54, 1.807) is 6.07 Å². The molecular formula is C11H15N3O2. The van der Waals surface area contributed by atoms with Gasteiger partial charge in [0.05, 0.1) is 0 Å². The minimum absolute atomic E-state index is 0.0382. The molecule has 0 spiro atoms. The van der Waals surface area contributed by atoms with Gasteiger partial charge in [-0.05, 0) is 20.3 Å². The van der Waals surface area contributed by atoms with Gasteiger partial charge in [-0.25, -0.2) is 4.79 Å². The summed E-state index contributed by atoms with van der Waals surface area (Å²) in [4.78, 5) is 25.0. The number of nitrogens with one attached hydrogen (secondary N) is 1. The van der Waals surface area contributed by atoms with E-state index in [1.165, 1.54) is 10.8 Å². The summed E-state index contributed by atoms with van der Waals surface area (Å²) in [6, 6.07) is 1.77. The highest BCUT2D eigenvalue weighted by Crippen LogP contribution is 2.18. The fourth-order valence-electron chi connectivity index (χ4n) is 1.73. The highest BCUT2D eigenvalue weighted by atomic mass is 16.2. The molecule has 1 aromatic heterocycles. The van der Waals surface area contributed by atoms with Crippen molar-refractivity contribution in [3.05, 3.63) is 32.6 Å². The van der Waals surface area contributed by atoms with E-state index < -0.39 is 16.8 Å². The Morgan fingerprint density at radius 1 is 1.50 bits per heavy atom. The maximum atomic E-state index is 11.6. The molecule has 0 aliphatic rings. The highest BCUT2D eigenvalue weighted by Gasteiger charge is 2.21. The summed E-state index contributed by atoms with van der Waals surface area (Å²) < 4.78 is 1.41. The number of hydrogen-bond acceptors (Lipinski definition) is 3. The van der Waals surface area contributed by atoms with Crippen LogP contribution in [0.1, 0.15) is 39.2 Å². The molecule has 5 nitrogen and oxygen atoms in total. The number of aromatic nitrogens is 2. The quantitative estimate of drug-likeness (QED) is 0.825. The minimum atomic E-state index is -0.629. The lowest BCUT2D eigenvalue weighted by Crippen LogP contribution is -2.40. The first-order chi connectivity index (χ1) is 7.42. The second kappa shape index (κ2) is 4.35. The van der Waals surface area contributed by atoms with Gasteiger partial charge >= 0.3 is 5.69 Å². The van der Waals surface area contributed by atoms with Crippen molar-refractivity contribution in [3.8, 4) is 6.07 Å². The molecule has 5 heteroatoms. The maximum absolute atomic E-state index is 11.6. The van der Waals surface area contributed by atoms with Crippen LogP contribution in [0.3, 0.4) is 0 Å². The number of aromatic amines is 1. The molecule has 0 aliphatic carbocycles. The predicted molar refractivity (Wildman–Crippen MR) is 60.3 cm³/mol. The summed E-state index contributed by atoms with van der Waals surface area (Å²) in [6.07, 6.45) is 3.04. The SMILES string of the molecule is CCCC(C)(C)n1cc(C#N)c(=O)[nH]c1=O. The molecule has 16 heavy (non-hydrogen) atoms. The highest BCUT2D eigenvalue weighted by molar-refractivity contribution is 5.22. The minimum Gasteiger partial charge on any atom is -0.294 e. The Morgan fingerprint density at radius 2 is 2.12 bits per heavy atom. The van der Waals surface area contributed by atoms with E-state index in [-0.39, 0.29) is 5.56 Å². The largest absolute Gasteiger partial charge is 0.328 e. The van der Waals surface area contributed by atoms with Gasteiger partial charge in [0.25, 0.3) is 5.56 Å². The zero-order valence-corrected chi connectivity index (χ0v) is 9.70. The van der Waals surface area contributed by atoms with Crippen molar-refractivity contribution in [3.63, 3.8) is 0 Å². The first-order valence-electron chi connectivity index (χ1n) is 5.19. The standard InChI is InChI=1S/C11H15N3O2/c1-4-5-11(2,3)14-7-8(6-12)9(15)13-10(14)16/h7H,4-5H2,1-3H3,(H,13,15,16). The third-order valence-corrected chi connectivity index (χ3v) is 2.58. The van der Waals surface area contributed by atoms with Crippen molar-refractivity contribution in [2.75, 3.05) is 0 Å². The van der Waals surface area contributed by atoms with Gasteiger partial charge in [0.15, 0.2) is 0 Å². The van der Waals surface area contributed by atoms with Crippen molar-refractivity contribution < 1.29 is 0 Å². The molecule has 0 amide bonds. The van der Waals surface area contributed by atoms with Gasteiger partial charge in [0.2, 0.25) is 0 Å². The number of rotatable bonds is 3. The summed E-state index contributed by atoms with van der Waals surface area (Å²) in [5.74, 6) is 0. The van der Waals surface area contributed by atoms with Crippen molar-refractivity contribution >= 4 is 0 Å². The van der Waals surface area contributed by atoms with Gasteiger partial charge in [0, 0.05) is 11.7 Å². The van der Waals surface area contributed by atoms with E-state index in [4.69, 9.17) is 5.26 Å². The van der Waals surface area contributed by atoms with Crippen LogP contribution in [-0.4, -0.2) is 9.55 Å². The van der Waals surface area contributed by atoms with Gasteiger partial charge in [-0.1, -0.05) is 13.3 Å². The van der Waals surface area contributed by atoms with E-state index in [0.717, 1.165) is 12.8 Å². The zero-order valence-electron chi connectivity index (χ0n) is 9.70. The lowest BCUT2D eigenvalue weighted by Gasteiger charge is -2.26. The molecule has 0 aliphatic heterocycles. The smallest absolute Gasteiger partial charge is 0.294 e. The summed E-state index contributed by atoms with van der Waals surface area (Å²) in [6.45, 7) is 5.82. The second-order valence-electron chi connectivity index (χ2n) is 4.35. The third kappa shape index (κ3) is 2.22. The summed E-state index contributed by atoms with van der Waals surface area (Å²) in [5.41, 5.74) is -1.54. The van der Waals surface area contributed by atoms with Gasteiger partial charge in [-0.2, -0.15) is 5.26 Å². The van der Waals surface area contributed by atoms with Crippen LogP contribution in [-0.2, 0) is 5.54 Å². The fourth-order valence-corrected chi connectivity index (χ4v) is 1.73. The van der Waals surface area contributed by atoms with Crippen LogP contribution in [0.2, 0.25) is 0 Å². The predicted octanol–water partition coefficient (Wildman–Crippen LogP) is 0.943. The Balaban J connectivity index is 3.42. The van der Waals surface area contributed by atoms with Crippen LogP contribution < -0.4 is 11.2 Å². The lowest BCUT2D eigenvalue weighted by atomic mass is 9.98. The molecule has 1 N–H and O–H groups in total. The molecule has 0 atom stereocenters. The van der Waals surface area contributed by atoms with Crippen molar-refractivity contribution in [1.82, 2.24) is 9.55 Å². The summed E-state index contributed by atoms with van der Waals surface area (Å²) >= 11 is 0. The number of hydrogen-bond donors (Lipinski definition) is 1. The van der Waals surface area contributed by atoms with Gasteiger partial charge in [-0.15, -0.1) is 0 Å². The molecule has 0 saturated carbocycles. The van der Waals surface area contributed by atoms with E-state index in [2.05, 4.69) is 4.98 Å². The molecule has 1 rings (SSSR count). The van der Waals surface area contributed by atoms with E-state index in [9.17, 15) is 9.59 Å². The molecule has 1 heterocycles. The third-order valence-electron chi connectivity index (χ3n) is 2.58. The molecular weight excluding hydrogens is 206 g/mol. The molecule has 0 radical (unpaired) electrons. The van der Waals surface area contributed by atoms with Crippen LogP contribution >= 0.6 is 0 Å². The van der Waals surface area contributed by atoms with Gasteiger partial charge in [0.1, 0.15) is 11.6 Å². The van der Waals surface area contributed by atoms with Crippen LogP contribution in [0.15, 0.2) is 15.8 Å². The van der Waals surface area contributed by atoms with Crippen LogP contribution in [0.5, 0.6) is 0 Å². The first-order valence-corrected chi connectivity index (χ1v) is 5.19. The Bertz CT molecular complexity index is 531. The van der Waals surface area contributed by atoms with Crippen molar-refractivity contribution in [1.29, 1.82) is 5.26 Å². The molecule has 86 valence electrons. The van der Waals surface area contributed by atoms with Crippen LogP contribution in [0, 0.1) is 11.3 Å². The molecule has 0 fully saturated rings. The fraction of sp³-hybridized carbons (Fsp3) is 0.545. The normalized spacial score (nSPS) is 11.1. The first kappa shape index (κ1) is 12.2. The number of nitrogens with zero attached hydrogens (tertiary/aromatic N) is 2. The van der Waals surface area contributed by atoms with E-state index in [1.807, 2.05) is 20.8 Å². The van der Waals surface area contributed by atoms with Crippen molar-refractivity contribution in [2.45, 2.75) is 39.2 Å². The number of H-pyrrole nitrogens is 1. The average Bonchev–Trinajstić information content (AvgIpc) is 2.17. The molecule has 0 aromatic carbocycles. The Morgan fingerprint density at radius 3 is 2.62 bits per heavy atom. The van der Waals surface area contributed by atoms with Crippen LogP contribution in [0.4, 0.5) is 0 Å². The van der Waals surface area contributed by atoms with Crippen LogP contribution in [0.25, 0.3) is 0 Å².